The zero-order chi connectivity index (χ0) is 16.9. The predicted octanol–water partition coefficient (Wildman–Crippen LogP) is 2.15. The Bertz CT molecular complexity index is 665. The Hall–Kier alpha value is -2.44. The molecule has 1 N–H and O–H groups in total. The van der Waals surface area contributed by atoms with Gasteiger partial charge < -0.3 is 15.1 Å². The van der Waals surface area contributed by atoms with Crippen LogP contribution >= 0.6 is 0 Å². The third-order valence-electron chi connectivity index (χ3n) is 4.06. The molecule has 1 aliphatic rings. The summed E-state index contributed by atoms with van der Waals surface area (Å²) in [7, 11) is 0. The Morgan fingerprint density at radius 3 is 2.42 bits per heavy atom. The fourth-order valence-corrected chi connectivity index (χ4v) is 2.73. The Morgan fingerprint density at radius 1 is 1.00 bits per heavy atom. The van der Waals surface area contributed by atoms with Gasteiger partial charge in [-0.15, -0.1) is 0 Å². The molecule has 0 amide bonds. The standard InChI is InChI=1S/C17H25N7/c1-4-18-14-5-7-20-17(21-14)24-11-9-23(10-12-24)15-6-8-19-16(22-15)13(2)3/h5-8,13H,4,9-12H2,1-3H3,(H,18,20,21). The first kappa shape index (κ1) is 16.4. The van der Waals surface area contributed by atoms with Crippen molar-refractivity contribution in [1.29, 1.82) is 0 Å². The maximum absolute atomic E-state index is 4.69. The number of hydrogen-bond donors (Lipinski definition) is 1. The molecule has 0 radical (unpaired) electrons. The van der Waals surface area contributed by atoms with E-state index in [1.54, 1.807) is 0 Å². The minimum absolute atomic E-state index is 0.341. The van der Waals surface area contributed by atoms with Gasteiger partial charge in [0.15, 0.2) is 0 Å². The van der Waals surface area contributed by atoms with Gasteiger partial charge in [-0.05, 0) is 19.1 Å². The highest BCUT2D eigenvalue weighted by atomic mass is 15.3. The third-order valence-corrected chi connectivity index (χ3v) is 4.06. The Morgan fingerprint density at radius 2 is 1.71 bits per heavy atom. The van der Waals surface area contributed by atoms with Crippen LogP contribution in [0.1, 0.15) is 32.5 Å². The molecule has 1 fully saturated rings. The van der Waals surface area contributed by atoms with E-state index in [0.29, 0.717) is 5.92 Å². The van der Waals surface area contributed by atoms with Crippen LogP contribution in [-0.2, 0) is 0 Å². The summed E-state index contributed by atoms with van der Waals surface area (Å²) in [5.74, 6) is 3.92. The van der Waals surface area contributed by atoms with Gasteiger partial charge >= 0.3 is 0 Å². The van der Waals surface area contributed by atoms with Gasteiger partial charge in [0.2, 0.25) is 5.95 Å². The van der Waals surface area contributed by atoms with Gasteiger partial charge in [0.25, 0.3) is 0 Å². The first-order chi connectivity index (χ1) is 11.7. The molecule has 7 heteroatoms. The zero-order valence-corrected chi connectivity index (χ0v) is 14.6. The quantitative estimate of drug-likeness (QED) is 0.902. The largest absolute Gasteiger partial charge is 0.370 e. The second-order valence-corrected chi connectivity index (χ2v) is 6.17. The van der Waals surface area contributed by atoms with E-state index in [9.17, 15) is 0 Å². The van der Waals surface area contributed by atoms with E-state index in [-0.39, 0.29) is 0 Å². The zero-order valence-electron chi connectivity index (χ0n) is 14.6. The van der Waals surface area contributed by atoms with Crippen LogP contribution in [0.4, 0.5) is 17.6 Å². The molecule has 0 aromatic carbocycles. The van der Waals surface area contributed by atoms with Crippen LogP contribution in [-0.4, -0.2) is 52.7 Å². The van der Waals surface area contributed by atoms with Crippen molar-refractivity contribution in [3.8, 4) is 0 Å². The summed E-state index contributed by atoms with van der Waals surface area (Å²) in [6, 6.07) is 3.89. The van der Waals surface area contributed by atoms with Crippen LogP contribution in [0.15, 0.2) is 24.5 Å². The van der Waals surface area contributed by atoms with Gasteiger partial charge in [0.05, 0.1) is 0 Å². The topological polar surface area (TPSA) is 70.1 Å². The molecule has 0 aliphatic carbocycles. The maximum atomic E-state index is 4.69. The summed E-state index contributed by atoms with van der Waals surface area (Å²) in [4.78, 5) is 22.6. The summed E-state index contributed by atoms with van der Waals surface area (Å²) in [6.07, 6.45) is 3.67. The van der Waals surface area contributed by atoms with Crippen LogP contribution in [0.3, 0.4) is 0 Å². The van der Waals surface area contributed by atoms with Crippen molar-refractivity contribution < 1.29 is 0 Å². The monoisotopic (exact) mass is 327 g/mol. The van der Waals surface area contributed by atoms with Crippen molar-refractivity contribution in [2.75, 3.05) is 47.8 Å². The highest BCUT2D eigenvalue weighted by Crippen LogP contribution is 2.19. The summed E-state index contributed by atoms with van der Waals surface area (Å²) in [5, 5.41) is 3.23. The molecule has 0 atom stereocenters. The van der Waals surface area contributed by atoms with Crippen molar-refractivity contribution >= 4 is 17.6 Å². The van der Waals surface area contributed by atoms with E-state index in [1.807, 2.05) is 24.5 Å². The predicted molar refractivity (Wildman–Crippen MR) is 96.7 cm³/mol. The number of piperazine rings is 1. The summed E-state index contributed by atoms with van der Waals surface area (Å²) in [5.41, 5.74) is 0. The first-order valence-corrected chi connectivity index (χ1v) is 8.57. The molecule has 1 saturated heterocycles. The van der Waals surface area contributed by atoms with Gasteiger partial charge in [0.1, 0.15) is 17.5 Å². The molecular weight excluding hydrogens is 302 g/mol. The molecule has 0 bridgehead atoms. The molecule has 2 aromatic heterocycles. The van der Waals surface area contributed by atoms with Gasteiger partial charge in [-0.3, -0.25) is 0 Å². The highest BCUT2D eigenvalue weighted by Gasteiger charge is 2.20. The average molecular weight is 327 g/mol. The molecule has 0 unspecified atom stereocenters. The van der Waals surface area contributed by atoms with Crippen molar-refractivity contribution in [3.05, 3.63) is 30.4 Å². The van der Waals surface area contributed by atoms with Gasteiger partial charge in [0, 0.05) is 51.0 Å². The van der Waals surface area contributed by atoms with E-state index in [1.165, 1.54) is 0 Å². The molecular formula is C17H25N7. The minimum Gasteiger partial charge on any atom is -0.370 e. The van der Waals surface area contributed by atoms with Crippen molar-refractivity contribution in [3.63, 3.8) is 0 Å². The van der Waals surface area contributed by atoms with Crippen LogP contribution in [0, 0.1) is 0 Å². The Labute approximate surface area is 143 Å². The Balaban J connectivity index is 1.65. The van der Waals surface area contributed by atoms with Crippen LogP contribution < -0.4 is 15.1 Å². The molecule has 0 saturated carbocycles. The highest BCUT2D eigenvalue weighted by molar-refractivity contribution is 5.44. The lowest BCUT2D eigenvalue weighted by Crippen LogP contribution is -2.47. The van der Waals surface area contributed by atoms with Gasteiger partial charge in [-0.25, -0.2) is 15.0 Å². The fraction of sp³-hybridized carbons (Fsp3) is 0.529. The van der Waals surface area contributed by atoms with E-state index in [2.05, 4.69) is 55.8 Å². The molecule has 24 heavy (non-hydrogen) atoms. The first-order valence-electron chi connectivity index (χ1n) is 8.57. The number of anilines is 3. The molecule has 2 aromatic rings. The SMILES string of the molecule is CCNc1ccnc(N2CCN(c3ccnc(C(C)C)n3)CC2)n1. The smallest absolute Gasteiger partial charge is 0.227 e. The number of aromatic nitrogens is 4. The number of hydrogen-bond acceptors (Lipinski definition) is 7. The normalized spacial score (nSPS) is 15.0. The lowest BCUT2D eigenvalue weighted by Gasteiger charge is -2.35. The lowest BCUT2D eigenvalue weighted by atomic mass is 10.2. The number of nitrogens with zero attached hydrogens (tertiary/aromatic N) is 6. The van der Waals surface area contributed by atoms with Crippen LogP contribution in [0.25, 0.3) is 0 Å². The number of rotatable bonds is 5. The summed E-state index contributed by atoms with van der Waals surface area (Å²) < 4.78 is 0. The molecule has 7 nitrogen and oxygen atoms in total. The second-order valence-electron chi connectivity index (χ2n) is 6.17. The lowest BCUT2D eigenvalue weighted by molar-refractivity contribution is 0.630. The third kappa shape index (κ3) is 3.72. The fourth-order valence-electron chi connectivity index (χ4n) is 2.73. The second kappa shape index (κ2) is 7.42. The molecule has 0 spiro atoms. The average Bonchev–Trinajstić information content (AvgIpc) is 2.62. The molecule has 128 valence electrons. The minimum atomic E-state index is 0.341. The summed E-state index contributed by atoms with van der Waals surface area (Å²) in [6.45, 7) is 10.7. The van der Waals surface area contributed by atoms with Gasteiger partial charge in [-0.1, -0.05) is 13.8 Å². The Kier molecular flexibility index (Phi) is 5.08. The molecule has 3 heterocycles. The van der Waals surface area contributed by atoms with E-state index < -0.39 is 0 Å². The maximum Gasteiger partial charge on any atom is 0.227 e. The van der Waals surface area contributed by atoms with Crippen molar-refractivity contribution in [1.82, 2.24) is 19.9 Å². The van der Waals surface area contributed by atoms with E-state index in [0.717, 1.165) is 56.1 Å². The number of nitrogens with one attached hydrogen (secondary N) is 1. The van der Waals surface area contributed by atoms with E-state index in [4.69, 9.17) is 0 Å². The van der Waals surface area contributed by atoms with Crippen LogP contribution in [0.2, 0.25) is 0 Å². The van der Waals surface area contributed by atoms with Crippen molar-refractivity contribution in [2.45, 2.75) is 26.7 Å². The molecule has 3 rings (SSSR count). The van der Waals surface area contributed by atoms with Gasteiger partial charge in [-0.2, -0.15) is 4.98 Å². The summed E-state index contributed by atoms with van der Waals surface area (Å²) >= 11 is 0. The molecule has 1 aliphatic heterocycles. The van der Waals surface area contributed by atoms with Crippen LogP contribution in [0.5, 0.6) is 0 Å². The van der Waals surface area contributed by atoms with E-state index >= 15 is 0 Å². The van der Waals surface area contributed by atoms with Crippen molar-refractivity contribution in [2.24, 2.45) is 0 Å².